The third-order valence-corrected chi connectivity index (χ3v) is 0.955. The number of nitriles is 2. The normalized spacial score (nSPS) is 9.82. The van der Waals surface area contributed by atoms with Crippen LogP contribution in [0.5, 0.6) is 0 Å². The van der Waals surface area contributed by atoms with E-state index in [1.807, 2.05) is 6.07 Å². The molecule has 0 spiro atoms. The summed E-state index contributed by atoms with van der Waals surface area (Å²) in [6, 6.07) is 3.35. The highest BCUT2D eigenvalue weighted by Gasteiger charge is 2.03. The van der Waals surface area contributed by atoms with Crippen LogP contribution in [0.25, 0.3) is 0 Å². The molecule has 0 aliphatic carbocycles. The Labute approximate surface area is 64.0 Å². The average molecular weight is 150 g/mol. The van der Waals surface area contributed by atoms with Crippen molar-refractivity contribution in [3.05, 3.63) is 11.6 Å². The van der Waals surface area contributed by atoms with E-state index in [0.29, 0.717) is 6.42 Å². The third-order valence-electron chi connectivity index (χ3n) is 0.955. The summed E-state index contributed by atoms with van der Waals surface area (Å²) in [6.45, 7) is 0. The Morgan fingerprint density at radius 1 is 1.55 bits per heavy atom. The van der Waals surface area contributed by atoms with Crippen LogP contribution < -0.4 is 0 Å². The summed E-state index contributed by atoms with van der Waals surface area (Å²) in [5.74, 6) is -1.24. The molecule has 0 aromatic carbocycles. The molecule has 4 heteroatoms. The first-order valence-corrected chi connectivity index (χ1v) is 2.93. The van der Waals surface area contributed by atoms with Crippen LogP contribution in [0.3, 0.4) is 0 Å². The van der Waals surface area contributed by atoms with E-state index in [0.717, 1.165) is 0 Å². The van der Waals surface area contributed by atoms with Crippen molar-refractivity contribution in [1.29, 1.82) is 10.5 Å². The monoisotopic (exact) mass is 150 g/mol. The fourth-order valence-corrected chi connectivity index (χ4v) is 0.462. The Morgan fingerprint density at radius 2 is 2.18 bits per heavy atom. The van der Waals surface area contributed by atoms with Crippen molar-refractivity contribution in [3.63, 3.8) is 0 Å². The van der Waals surface area contributed by atoms with Crippen LogP contribution in [0.2, 0.25) is 0 Å². The van der Waals surface area contributed by atoms with Gasteiger partial charge in [0.05, 0.1) is 6.07 Å². The van der Waals surface area contributed by atoms with Crippen LogP contribution in [-0.2, 0) is 4.79 Å². The SMILES string of the molecule is N#CCCC=C(C#N)C(=O)O. The van der Waals surface area contributed by atoms with Crippen molar-refractivity contribution in [2.75, 3.05) is 0 Å². The van der Waals surface area contributed by atoms with Gasteiger partial charge in [0, 0.05) is 6.42 Å². The molecule has 0 saturated carbocycles. The van der Waals surface area contributed by atoms with E-state index in [4.69, 9.17) is 15.6 Å². The third kappa shape index (κ3) is 3.72. The highest BCUT2D eigenvalue weighted by Crippen LogP contribution is 1.97. The van der Waals surface area contributed by atoms with Gasteiger partial charge in [0.2, 0.25) is 0 Å². The van der Waals surface area contributed by atoms with Crippen molar-refractivity contribution in [3.8, 4) is 12.1 Å². The number of aliphatic carboxylic acids is 1. The summed E-state index contributed by atoms with van der Waals surface area (Å²) >= 11 is 0. The first-order chi connectivity index (χ1) is 5.22. The molecule has 0 fully saturated rings. The van der Waals surface area contributed by atoms with Crippen LogP contribution in [0, 0.1) is 22.7 Å². The molecule has 0 aliphatic rings. The number of rotatable bonds is 3. The molecule has 0 bridgehead atoms. The molecule has 0 aromatic heterocycles. The zero-order valence-corrected chi connectivity index (χ0v) is 5.74. The molecule has 0 unspecified atom stereocenters. The topological polar surface area (TPSA) is 84.9 Å². The summed E-state index contributed by atoms with van der Waals surface area (Å²) in [7, 11) is 0. The standard InChI is InChI=1S/C7H6N2O2/c8-4-2-1-3-6(5-9)7(10)11/h3H,1-2H2,(H,10,11). The quantitative estimate of drug-likeness (QED) is 0.366. The maximum atomic E-state index is 10.2. The van der Waals surface area contributed by atoms with Crippen molar-refractivity contribution >= 4 is 5.97 Å². The summed E-state index contributed by atoms with van der Waals surface area (Å²) in [5, 5.41) is 24.6. The maximum Gasteiger partial charge on any atom is 0.346 e. The highest BCUT2D eigenvalue weighted by atomic mass is 16.4. The predicted molar refractivity (Wildman–Crippen MR) is 36.2 cm³/mol. The first kappa shape index (κ1) is 9.19. The van der Waals surface area contributed by atoms with Crippen LogP contribution in [-0.4, -0.2) is 11.1 Å². The predicted octanol–water partition coefficient (Wildman–Crippen LogP) is 0.825. The Hall–Kier alpha value is -1.81. The first-order valence-electron chi connectivity index (χ1n) is 2.93. The van der Waals surface area contributed by atoms with E-state index in [1.54, 1.807) is 0 Å². The largest absolute Gasteiger partial charge is 0.477 e. The van der Waals surface area contributed by atoms with Gasteiger partial charge in [0.25, 0.3) is 0 Å². The molecule has 11 heavy (non-hydrogen) atoms. The summed E-state index contributed by atoms with van der Waals surface area (Å²) in [4.78, 5) is 10.2. The molecular weight excluding hydrogens is 144 g/mol. The molecule has 0 heterocycles. The minimum Gasteiger partial charge on any atom is -0.477 e. The number of hydrogen-bond donors (Lipinski definition) is 1. The highest BCUT2D eigenvalue weighted by molar-refractivity contribution is 5.90. The fourth-order valence-electron chi connectivity index (χ4n) is 0.462. The number of carboxylic acid groups (broad SMARTS) is 1. The van der Waals surface area contributed by atoms with E-state index in [9.17, 15) is 4.79 Å². The lowest BCUT2D eigenvalue weighted by Gasteiger charge is -1.86. The molecular formula is C7H6N2O2. The van der Waals surface area contributed by atoms with Gasteiger partial charge in [-0.25, -0.2) is 4.79 Å². The molecule has 4 nitrogen and oxygen atoms in total. The van der Waals surface area contributed by atoms with Gasteiger partial charge in [0.1, 0.15) is 11.6 Å². The lowest BCUT2D eigenvalue weighted by Crippen LogP contribution is -1.97. The summed E-state index contributed by atoms with van der Waals surface area (Å²) in [6.07, 6.45) is 1.79. The maximum absolute atomic E-state index is 10.2. The second kappa shape index (κ2) is 5.01. The lowest BCUT2D eigenvalue weighted by atomic mass is 10.2. The van der Waals surface area contributed by atoms with Crippen molar-refractivity contribution < 1.29 is 9.90 Å². The Balaban J connectivity index is 4.08. The zero-order chi connectivity index (χ0) is 8.69. The van der Waals surface area contributed by atoms with Crippen LogP contribution in [0.4, 0.5) is 0 Å². The van der Waals surface area contributed by atoms with Crippen LogP contribution in [0.1, 0.15) is 12.8 Å². The van der Waals surface area contributed by atoms with E-state index >= 15 is 0 Å². The molecule has 0 amide bonds. The number of unbranched alkanes of at least 4 members (excludes halogenated alkanes) is 1. The van der Waals surface area contributed by atoms with Gasteiger partial charge in [0.15, 0.2) is 0 Å². The Kier molecular flexibility index (Phi) is 4.19. The molecule has 0 saturated heterocycles. The van der Waals surface area contributed by atoms with Gasteiger partial charge in [-0.1, -0.05) is 6.08 Å². The molecule has 1 N–H and O–H groups in total. The molecule has 0 aromatic rings. The molecule has 56 valence electrons. The van der Waals surface area contributed by atoms with Crippen molar-refractivity contribution in [2.24, 2.45) is 0 Å². The van der Waals surface area contributed by atoms with Gasteiger partial charge in [-0.05, 0) is 6.42 Å². The number of hydrogen-bond acceptors (Lipinski definition) is 3. The van der Waals surface area contributed by atoms with Gasteiger partial charge in [-0.2, -0.15) is 10.5 Å². The number of allylic oxidation sites excluding steroid dienone is 1. The van der Waals surface area contributed by atoms with Gasteiger partial charge >= 0.3 is 5.97 Å². The van der Waals surface area contributed by atoms with E-state index < -0.39 is 5.97 Å². The Morgan fingerprint density at radius 3 is 2.55 bits per heavy atom. The van der Waals surface area contributed by atoms with Gasteiger partial charge in [-0.15, -0.1) is 0 Å². The van der Waals surface area contributed by atoms with Gasteiger partial charge < -0.3 is 5.11 Å². The smallest absolute Gasteiger partial charge is 0.346 e. The summed E-state index contributed by atoms with van der Waals surface area (Å²) in [5.41, 5.74) is -0.305. The fraction of sp³-hybridized carbons (Fsp3) is 0.286. The van der Waals surface area contributed by atoms with E-state index in [2.05, 4.69) is 0 Å². The van der Waals surface area contributed by atoms with Gasteiger partial charge in [-0.3, -0.25) is 0 Å². The van der Waals surface area contributed by atoms with E-state index in [-0.39, 0.29) is 12.0 Å². The lowest BCUT2D eigenvalue weighted by molar-refractivity contribution is -0.132. The molecule has 0 aliphatic heterocycles. The van der Waals surface area contributed by atoms with E-state index in [1.165, 1.54) is 12.1 Å². The number of carboxylic acids is 1. The minimum atomic E-state index is -1.24. The molecule has 0 rings (SSSR count). The molecule has 0 radical (unpaired) electrons. The van der Waals surface area contributed by atoms with Crippen molar-refractivity contribution in [2.45, 2.75) is 12.8 Å². The second-order valence-corrected chi connectivity index (χ2v) is 1.73. The van der Waals surface area contributed by atoms with Crippen LogP contribution in [0.15, 0.2) is 11.6 Å². The molecule has 0 atom stereocenters. The second-order valence-electron chi connectivity index (χ2n) is 1.73. The van der Waals surface area contributed by atoms with Crippen molar-refractivity contribution in [1.82, 2.24) is 0 Å². The Bertz CT molecular complexity index is 255. The zero-order valence-electron chi connectivity index (χ0n) is 5.74. The summed E-state index contributed by atoms with van der Waals surface area (Å²) < 4.78 is 0. The number of carbonyl (C=O) groups is 1. The average Bonchev–Trinajstić information content (AvgIpc) is 1.97. The minimum absolute atomic E-state index is 0.235. The number of nitrogens with zero attached hydrogens (tertiary/aromatic N) is 2. The van der Waals surface area contributed by atoms with Crippen LogP contribution >= 0.6 is 0 Å².